The standard InChI is InChI=1S/C12H16BrClFNO2S/c1-2-3-7-16(8-6-14)19(17,18)12-5-4-10(13)9-11(12)15/h4-5,9H,2-3,6-8H2,1H3. The summed E-state index contributed by atoms with van der Waals surface area (Å²) in [4.78, 5) is -0.308. The lowest BCUT2D eigenvalue weighted by Crippen LogP contribution is -2.34. The SMILES string of the molecule is CCCCN(CCCl)S(=O)(=O)c1ccc(Br)cc1F. The molecule has 0 aromatic heterocycles. The summed E-state index contributed by atoms with van der Waals surface area (Å²) in [6, 6.07) is 3.92. The molecule has 1 rings (SSSR count). The Balaban J connectivity index is 3.11. The molecule has 0 spiro atoms. The number of sulfonamides is 1. The fraction of sp³-hybridized carbons (Fsp3) is 0.500. The molecular formula is C12H16BrClFNO2S. The summed E-state index contributed by atoms with van der Waals surface area (Å²) >= 11 is 8.73. The van der Waals surface area contributed by atoms with Crippen LogP contribution in [-0.4, -0.2) is 31.7 Å². The molecule has 108 valence electrons. The molecule has 0 aliphatic heterocycles. The van der Waals surface area contributed by atoms with E-state index in [0.29, 0.717) is 17.4 Å². The van der Waals surface area contributed by atoms with Crippen molar-refractivity contribution in [1.29, 1.82) is 0 Å². The Hall–Kier alpha value is -0.170. The van der Waals surface area contributed by atoms with Gasteiger partial charge in [0, 0.05) is 23.4 Å². The molecule has 0 unspecified atom stereocenters. The molecule has 7 heteroatoms. The second-order valence-electron chi connectivity index (χ2n) is 4.02. The van der Waals surface area contributed by atoms with Gasteiger partial charge in [-0.05, 0) is 24.6 Å². The van der Waals surface area contributed by atoms with Crippen LogP contribution >= 0.6 is 27.5 Å². The minimum atomic E-state index is -3.83. The van der Waals surface area contributed by atoms with Crippen molar-refractivity contribution in [2.45, 2.75) is 24.7 Å². The summed E-state index contributed by atoms with van der Waals surface area (Å²) in [7, 11) is -3.83. The number of rotatable bonds is 7. The Morgan fingerprint density at radius 2 is 2.05 bits per heavy atom. The molecular weight excluding hydrogens is 357 g/mol. The highest BCUT2D eigenvalue weighted by atomic mass is 79.9. The van der Waals surface area contributed by atoms with E-state index >= 15 is 0 Å². The molecule has 1 aromatic rings. The van der Waals surface area contributed by atoms with Crippen LogP contribution in [0, 0.1) is 5.82 Å². The van der Waals surface area contributed by atoms with Crippen LogP contribution in [0.25, 0.3) is 0 Å². The summed E-state index contributed by atoms with van der Waals surface area (Å²) in [5.74, 6) is -0.577. The lowest BCUT2D eigenvalue weighted by Gasteiger charge is -2.21. The van der Waals surface area contributed by atoms with Crippen molar-refractivity contribution in [3.8, 4) is 0 Å². The number of hydrogen-bond acceptors (Lipinski definition) is 2. The van der Waals surface area contributed by atoms with Crippen LogP contribution in [-0.2, 0) is 10.0 Å². The number of alkyl halides is 1. The quantitative estimate of drug-likeness (QED) is 0.686. The highest BCUT2D eigenvalue weighted by molar-refractivity contribution is 9.10. The Morgan fingerprint density at radius 1 is 1.37 bits per heavy atom. The molecule has 0 fully saturated rings. The van der Waals surface area contributed by atoms with Gasteiger partial charge >= 0.3 is 0 Å². The summed E-state index contributed by atoms with van der Waals surface area (Å²) in [6.45, 7) is 2.49. The number of hydrogen-bond donors (Lipinski definition) is 0. The van der Waals surface area contributed by atoms with Crippen LogP contribution < -0.4 is 0 Å². The number of unbranched alkanes of at least 4 members (excludes halogenated alkanes) is 1. The van der Waals surface area contributed by atoms with E-state index in [4.69, 9.17) is 11.6 Å². The summed E-state index contributed by atoms with van der Waals surface area (Å²) < 4.78 is 40.3. The molecule has 19 heavy (non-hydrogen) atoms. The van der Waals surface area contributed by atoms with Gasteiger partial charge in [0.25, 0.3) is 0 Å². The average Bonchev–Trinajstić information content (AvgIpc) is 2.33. The topological polar surface area (TPSA) is 37.4 Å². The van der Waals surface area contributed by atoms with Crippen molar-refractivity contribution in [2.24, 2.45) is 0 Å². The Kier molecular flexibility index (Phi) is 6.73. The van der Waals surface area contributed by atoms with Gasteiger partial charge in [0.2, 0.25) is 10.0 Å². The maximum Gasteiger partial charge on any atom is 0.246 e. The van der Waals surface area contributed by atoms with Crippen molar-refractivity contribution in [1.82, 2.24) is 4.31 Å². The van der Waals surface area contributed by atoms with Gasteiger partial charge in [0.15, 0.2) is 0 Å². The van der Waals surface area contributed by atoms with E-state index in [0.717, 1.165) is 12.5 Å². The fourth-order valence-electron chi connectivity index (χ4n) is 1.60. The van der Waals surface area contributed by atoms with Crippen LogP contribution in [0.5, 0.6) is 0 Å². The van der Waals surface area contributed by atoms with Gasteiger partial charge in [-0.3, -0.25) is 0 Å². The minimum Gasteiger partial charge on any atom is -0.207 e. The third-order valence-corrected chi connectivity index (χ3v) is 5.20. The zero-order chi connectivity index (χ0) is 14.5. The molecule has 0 bridgehead atoms. The van der Waals surface area contributed by atoms with Gasteiger partial charge in [-0.1, -0.05) is 29.3 Å². The first-order chi connectivity index (χ1) is 8.93. The zero-order valence-corrected chi connectivity index (χ0v) is 13.7. The highest BCUT2D eigenvalue weighted by Crippen LogP contribution is 2.23. The number of nitrogens with zero attached hydrogens (tertiary/aromatic N) is 1. The predicted molar refractivity (Wildman–Crippen MR) is 78.5 cm³/mol. The normalized spacial score (nSPS) is 12.1. The van der Waals surface area contributed by atoms with E-state index in [2.05, 4.69) is 15.9 Å². The van der Waals surface area contributed by atoms with E-state index in [1.165, 1.54) is 16.4 Å². The van der Waals surface area contributed by atoms with Crippen LogP contribution in [0.1, 0.15) is 19.8 Å². The number of halogens is 3. The lowest BCUT2D eigenvalue weighted by atomic mass is 10.3. The first-order valence-corrected chi connectivity index (χ1v) is 8.71. The van der Waals surface area contributed by atoms with Crippen LogP contribution in [0.2, 0.25) is 0 Å². The van der Waals surface area contributed by atoms with Crippen LogP contribution in [0.3, 0.4) is 0 Å². The first kappa shape index (κ1) is 16.9. The van der Waals surface area contributed by atoms with Crippen molar-refractivity contribution in [3.63, 3.8) is 0 Å². The van der Waals surface area contributed by atoms with Crippen LogP contribution in [0.4, 0.5) is 4.39 Å². The van der Waals surface area contributed by atoms with Crippen molar-refractivity contribution < 1.29 is 12.8 Å². The highest BCUT2D eigenvalue weighted by Gasteiger charge is 2.26. The monoisotopic (exact) mass is 371 g/mol. The molecule has 0 aliphatic carbocycles. The van der Waals surface area contributed by atoms with Crippen molar-refractivity contribution in [2.75, 3.05) is 19.0 Å². The average molecular weight is 373 g/mol. The summed E-state index contributed by atoms with van der Waals surface area (Å²) in [5.41, 5.74) is 0. The van der Waals surface area contributed by atoms with Gasteiger partial charge in [-0.15, -0.1) is 11.6 Å². The third-order valence-electron chi connectivity index (χ3n) is 2.61. The van der Waals surface area contributed by atoms with E-state index in [9.17, 15) is 12.8 Å². The second-order valence-corrected chi connectivity index (χ2v) is 7.22. The molecule has 0 saturated carbocycles. The molecule has 0 atom stereocenters. The minimum absolute atomic E-state index is 0.180. The first-order valence-electron chi connectivity index (χ1n) is 5.94. The molecule has 0 heterocycles. The van der Waals surface area contributed by atoms with Gasteiger partial charge in [-0.25, -0.2) is 12.8 Å². The number of benzene rings is 1. The smallest absolute Gasteiger partial charge is 0.207 e. The van der Waals surface area contributed by atoms with Gasteiger partial charge in [0.1, 0.15) is 10.7 Å². The second kappa shape index (κ2) is 7.57. The summed E-state index contributed by atoms with van der Waals surface area (Å²) in [6.07, 6.45) is 1.57. The fourth-order valence-corrected chi connectivity index (χ4v) is 3.77. The van der Waals surface area contributed by atoms with Crippen molar-refractivity contribution >= 4 is 37.6 Å². The molecule has 0 aliphatic rings. The third kappa shape index (κ3) is 4.41. The molecule has 1 aromatic carbocycles. The zero-order valence-electron chi connectivity index (χ0n) is 10.6. The Bertz CT molecular complexity index is 524. The summed E-state index contributed by atoms with van der Waals surface area (Å²) in [5, 5.41) is 0. The maximum atomic E-state index is 13.8. The van der Waals surface area contributed by atoms with Crippen LogP contribution in [0.15, 0.2) is 27.6 Å². The predicted octanol–water partition coefficient (Wildman–Crippen LogP) is 3.62. The van der Waals surface area contributed by atoms with E-state index in [-0.39, 0.29) is 17.3 Å². The van der Waals surface area contributed by atoms with E-state index in [1.54, 1.807) is 0 Å². The Morgan fingerprint density at radius 3 is 2.58 bits per heavy atom. The maximum absolute atomic E-state index is 13.8. The largest absolute Gasteiger partial charge is 0.246 e. The molecule has 0 N–H and O–H groups in total. The van der Waals surface area contributed by atoms with E-state index in [1.807, 2.05) is 6.92 Å². The van der Waals surface area contributed by atoms with Gasteiger partial charge in [0.05, 0.1) is 0 Å². The van der Waals surface area contributed by atoms with Crippen molar-refractivity contribution in [3.05, 3.63) is 28.5 Å². The Labute approximate surface area is 126 Å². The lowest BCUT2D eigenvalue weighted by molar-refractivity contribution is 0.416. The molecule has 0 saturated heterocycles. The molecule has 0 amide bonds. The van der Waals surface area contributed by atoms with Gasteiger partial charge < -0.3 is 0 Å². The van der Waals surface area contributed by atoms with Gasteiger partial charge in [-0.2, -0.15) is 4.31 Å². The molecule has 0 radical (unpaired) electrons. The van der Waals surface area contributed by atoms with E-state index < -0.39 is 15.8 Å². The molecule has 3 nitrogen and oxygen atoms in total.